The first-order chi connectivity index (χ1) is 10.1. The summed E-state index contributed by atoms with van der Waals surface area (Å²) in [5, 5.41) is 4.12. The van der Waals surface area contributed by atoms with Gasteiger partial charge in [-0.3, -0.25) is 0 Å². The second kappa shape index (κ2) is 5.57. The van der Waals surface area contributed by atoms with Gasteiger partial charge in [0.25, 0.3) is 0 Å². The van der Waals surface area contributed by atoms with Crippen molar-refractivity contribution in [1.82, 2.24) is 19.1 Å². The van der Waals surface area contributed by atoms with Crippen LogP contribution in [0.5, 0.6) is 0 Å². The molecule has 2 aromatic rings. The van der Waals surface area contributed by atoms with Crippen LogP contribution in [-0.4, -0.2) is 40.1 Å². The number of piperidine rings is 1. The van der Waals surface area contributed by atoms with Gasteiger partial charge >= 0.3 is 0 Å². The van der Waals surface area contributed by atoms with E-state index in [2.05, 4.69) is 10.1 Å². The van der Waals surface area contributed by atoms with Crippen molar-refractivity contribution in [3.05, 3.63) is 36.8 Å². The summed E-state index contributed by atoms with van der Waals surface area (Å²) in [4.78, 5) is 4.39. The van der Waals surface area contributed by atoms with Crippen molar-refractivity contribution in [2.45, 2.75) is 37.1 Å². The Labute approximate surface area is 124 Å². The molecule has 6 nitrogen and oxygen atoms in total. The van der Waals surface area contributed by atoms with Crippen molar-refractivity contribution >= 4 is 10.0 Å². The summed E-state index contributed by atoms with van der Waals surface area (Å²) < 4.78 is 28.5. The highest BCUT2D eigenvalue weighted by molar-refractivity contribution is 7.89. The Kier molecular flexibility index (Phi) is 3.77. The van der Waals surface area contributed by atoms with Gasteiger partial charge in [0.05, 0.1) is 12.4 Å². The molecule has 1 atom stereocenters. The highest BCUT2D eigenvalue weighted by Crippen LogP contribution is 2.25. The van der Waals surface area contributed by atoms with E-state index in [9.17, 15) is 8.42 Å². The number of sulfonamides is 1. The molecule has 1 fully saturated rings. The van der Waals surface area contributed by atoms with Gasteiger partial charge in [0, 0.05) is 18.8 Å². The monoisotopic (exact) mass is 306 g/mol. The molecule has 1 saturated heterocycles. The smallest absolute Gasteiger partial charge is 0.237 e. The first-order valence-corrected chi connectivity index (χ1v) is 8.51. The van der Waals surface area contributed by atoms with Gasteiger partial charge in [0.15, 0.2) is 5.82 Å². The second-order valence-corrected chi connectivity index (χ2v) is 7.16. The maximum Gasteiger partial charge on any atom is 0.246 e. The van der Waals surface area contributed by atoms with E-state index in [0.29, 0.717) is 12.4 Å². The molecule has 3 heterocycles. The maximum atomic E-state index is 12.7. The Morgan fingerprint density at radius 3 is 2.86 bits per heavy atom. The van der Waals surface area contributed by atoms with Crippen LogP contribution in [0.4, 0.5) is 0 Å². The lowest BCUT2D eigenvalue weighted by atomic mass is 10.1. The molecule has 1 aliphatic heterocycles. The van der Waals surface area contributed by atoms with Crippen LogP contribution in [0.25, 0.3) is 5.82 Å². The van der Waals surface area contributed by atoms with Crippen LogP contribution in [0.3, 0.4) is 0 Å². The quantitative estimate of drug-likeness (QED) is 0.867. The summed E-state index contributed by atoms with van der Waals surface area (Å²) in [5.41, 5.74) is 0. The van der Waals surface area contributed by atoms with Crippen LogP contribution in [0.1, 0.15) is 26.2 Å². The van der Waals surface area contributed by atoms with E-state index in [-0.39, 0.29) is 10.9 Å². The van der Waals surface area contributed by atoms with Crippen molar-refractivity contribution in [3.8, 4) is 5.82 Å². The number of rotatable bonds is 3. The minimum atomic E-state index is -3.48. The van der Waals surface area contributed by atoms with E-state index in [1.807, 2.05) is 13.0 Å². The lowest BCUT2D eigenvalue weighted by Crippen LogP contribution is -2.41. The Morgan fingerprint density at radius 1 is 1.29 bits per heavy atom. The molecular weight excluding hydrogens is 288 g/mol. The fourth-order valence-electron chi connectivity index (χ4n) is 2.62. The third-order valence-corrected chi connectivity index (χ3v) is 5.76. The number of hydrogen-bond acceptors (Lipinski definition) is 4. The second-order valence-electron chi connectivity index (χ2n) is 5.27. The van der Waals surface area contributed by atoms with Gasteiger partial charge < -0.3 is 0 Å². The molecular formula is C14H18N4O2S. The van der Waals surface area contributed by atoms with Gasteiger partial charge in [0.2, 0.25) is 10.0 Å². The minimum absolute atomic E-state index is 0.0435. The Morgan fingerprint density at radius 2 is 2.14 bits per heavy atom. The van der Waals surface area contributed by atoms with Crippen molar-refractivity contribution in [2.75, 3.05) is 6.54 Å². The van der Waals surface area contributed by atoms with Gasteiger partial charge in [0.1, 0.15) is 4.90 Å². The van der Waals surface area contributed by atoms with Crippen LogP contribution < -0.4 is 0 Å². The number of hydrogen-bond donors (Lipinski definition) is 0. The lowest BCUT2D eigenvalue weighted by molar-refractivity contribution is 0.268. The van der Waals surface area contributed by atoms with E-state index >= 15 is 0 Å². The lowest BCUT2D eigenvalue weighted by Gasteiger charge is -2.31. The summed E-state index contributed by atoms with van der Waals surface area (Å²) in [5.74, 6) is 0.602. The third kappa shape index (κ3) is 2.71. The summed E-state index contributed by atoms with van der Waals surface area (Å²) >= 11 is 0. The zero-order chi connectivity index (χ0) is 14.9. The summed E-state index contributed by atoms with van der Waals surface area (Å²) in [6.45, 7) is 2.54. The molecule has 0 radical (unpaired) electrons. The molecule has 0 N–H and O–H groups in total. The van der Waals surface area contributed by atoms with Crippen molar-refractivity contribution < 1.29 is 8.42 Å². The number of aromatic nitrogens is 3. The molecule has 0 aromatic carbocycles. The van der Waals surface area contributed by atoms with E-state index < -0.39 is 10.0 Å². The molecule has 3 rings (SSSR count). The SMILES string of the molecule is CC1CCCCN1S(=O)(=O)c1cnn(-c2ccccn2)c1. The molecule has 0 bridgehead atoms. The highest BCUT2D eigenvalue weighted by Gasteiger charge is 2.31. The van der Waals surface area contributed by atoms with E-state index in [0.717, 1.165) is 19.3 Å². The van der Waals surface area contributed by atoms with Crippen molar-refractivity contribution in [2.24, 2.45) is 0 Å². The average Bonchev–Trinajstić information content (AvgIpc) is 2.99. The number of pyridine rings is 1. The molecule has 0 saturated carbocycles. The highest BCUT2D eigenvalue weighted by atomic mass is 32.2. The minimum Gasteiger partial charge on any atom is -0.237 e. The molecule has 0 spiro atoms. The van der Waals surface area contributed by atoms with E-state index in [1.165, 1.54) is 17.1 Å². The molecule has 21 heavy (non-hydrogen) atoms. The van der Waals surface area contributed by atoms with Crippen molar-refractivity contribution in [3.63, 3.8) is 0 Å². The number of nitrogens with zero attached hydrogens (tertiary/aromatic N) is 4. The van der Waals surface area contributed by atoms with Crippen LogP contribution in [0, 0.1) is 0 Å². The van der Waals surface area contributed by atoms with Gasteiger partial charge in [-0.25, -0.2) is 18.1 Å². The van der Waals surface area contributed by atoms with Crippen LogP contribution >= 0.6 is 0 Å². The fraction of sp³-hybridized carbons (Fsp3) is 0.429. The molecule has 0 amide bonds. The summed E-state index contributed by atoms with van der Waals surface area (Å²) in [6.07, 6.45) is 7.48. The van der Waals surface area contributed by atoms with Crippen LogP contribution in [-0.2, 0) is 10.0 Å². The summed E-state index contributed by atoms with van der Waals surface area (Å²) in [6, 6.07) is 5.47. The van der Waals surface area contributed by atoms with E-state index in [1.54, 1.807) is 22.6 Å². The van der Waals surface area contributed by atoms with Gasteiger partial charge in [-0.2, -0.15) is 9.40 Å². The molecule has 1 aliphatic rings. The maximum absolute atomic E-state index is 12.7. The molecule has 112 valence electrons. The molecule has 7 heteroatoms. The zero-order valence-electron chi connectivity index (χ0n) is 11.9. The predicted octanol–water partition coefficient (Wildman–Crippen LogP) is 1.83. The van der Waals surface area contributed by atoms with Gasteiger partial charge in [-0.1, -0.05) is 12.5 Å². The normalized spacial score (nSPS) is 20.5. The predicted molar refractivity (Wildman–Crippen MR) is 78.6 cm³/mol. The zero-order valence-corrected chi connectivity index (χ0v) is 12.7. The summed E-state index contributed by atoms with van der Waals surface area (Å²) in [7, 11) is -3.48. The fourth-order valence-corrected chi connectivity index (χ4v) is 4.25. The van der Waals surface area contributed by atoms with Gasteiger partial charge in [-0.15, -0.1) is 0 Å². The van der Waals surface area contributed by atoms with Crippen LogP contribution in [0.15, 0.2) is 41.7 Å². The van der Waals surface area contributed by atoms with Gasteiger partial charge in [-0.05, 0) is 31.9 Å². The first-order valence-electron chi connectivity index (χ1n) is 7.07. The Bertz CT molecular complexity index is 712. The van der Waals surface area contributed by atoms with E-state index in [4.69, 9.17) is 0 Å². The Balaban J connectivity index is 1.92. The van der Waals surface area contributed by atoms with Crippen LogP contribution in [0.2, 0.25) is 0 Å². The average molecular weight is 306 g/mol. The molecule has 2 aromatic heterocycles. The molecule has 1 unspecified atom stereocenters. The third-order valence-electron chi connectivity index (χ3n) is 3.79. The topological polar surface area (TPSA) is 68.1 Å². The standard InChI is InChI=1S/C14H18N4O2S/c1-12-6-3-5-9-18(12)21(19,20)13-10-16-17(11-13)14-7-2-4-8-15-14/h2,4,7-8,10-12H,3,5-6,9H2,1H3. The first kappa shape index (κ1) is 14.2. The molecule has 0 aliphatic carbocycles. The van der Waals surface area contributed by atoms with Crippen molar-refractivity contribution in [1.29, 1.82) is 0 Å². The Hall–Kier alpha value is -1.73. The largest absolute Gasteiger partial charge is 0.246 e.